The number of carbonyl (C=O) groups excluding carboxylic acids is 1. The van der Waals surface area contributed by atoms with Crippen LogP contribution in [0.3, 0.4) is 0 Å². The van der Waals surface area contributed by atoms with Crippen LogP contribution in [0.1, 0.15) is 52.9 Å². The van der Waals surface area contributed by atoms with Crippen molar-refractivity contribution in [3.05, 3.63) is 0 Å². The van der Waals surface area contributed by atoms with Crippen molar-refractivity contribution >= 4 is 18.3 Å². The van der Waals surface area contributed by atoms with Gasteiger partial charge in [0.15, 0.2) is 0 Å². The number of hydrogen-bond acceptors (Lipinski definition) is 4. The highest BCUT2D eigenvalue weighted by Crippen LogP contribution is 2.48. The second kappa shape index (κ2) is 9.21. The quantitative estimate of drug-likeness (QED) is 0.740. The Hall–Kier alpha value is -0.360. The lowest BCUT2D eigenvalue weighted by Gasteiger charge is -2.55. The molecule has 5 nitrogen and oxygen atoms in total. The van der Waals surface area contributed by atoms with Gasteiger partial charge in [0.25, 0.3) is 0 Å². The molecule has 1 aliphatic carbocycles. The smallest absolute Gasteiger partial charge is 0.237 e. The first-order chi connectivity index (χ1) is 10.6. The third-order valence-electron chi connectivity index (χ3n) is 5.86. The van der Waals surface area contributed by atoms with E-state index in [0.717, 1.165) is 51.9 Å². The summed E-state index contributed by atoms with van der Waals surface area (Å²) in [6, 6.07) is -0.223. The molecule has 1 aliphatic heterocycles. The molecule has 0 bridgehead atoms. The van der Waals surface area contributed by atoms with Crippen molar-refractivity contribution in [2.45, 2.75) is 71.1 Å². The lowest BCUT2D eigenvalue weighted by atomic mass is 9.58. The first-order valence-electron chi connectivity index (χ1n) is 8.84. The van der Waals surface area contributed by atoms with E-state index in [1.165, 1.54) is 0 Å². The van der Waals surface area contributed by atoms with Gasteiger partial charge < -0.3 is 20.5 Å². The van der Waals surface area contributed by atoms with Crippen LogP contribution in [-0.4, -0.2) is 43.9 Å². The molecular weight excluding hydrogens is 316 g/mol. The number of nitrogens with two attached hydrogens (primary N) is 1. The summed E-state index contributed by atoms with van der Waals surface area (Å²) in [5.41, 5.74) is 6.26. The van der Waals surface area contributed by atoms with E-state index in [0.29, 0.717) is 0 Å². The summed E-state index contributed by atoms with van der Waals surface area (Å²) in [6.07, 6.45) is 4.97. The number of rotatable bonds is 7. The molecule has 2 rings (SSSR count). The van der Waals surface area contributed by atoms with Crippen molar-refractivity contribution in [1.82, 2.24) is 5.32 Å². The Morgan fingerprint density at radius 2 is 1.91 bits per heavy atom. The van der Waals surface area contributed by atoms with Gasteiger partial charge in [-0.1, -0.05) is 13.8 Å². The highest BCUT2D eigenvalue weighted by Gasteiger charge is 2.54. The molecule has 1 saturated carbocycles. The molecule has 2 fully saturated rings. The summed E-state index contributed by atoms with van der Waals surface area (Å²) in [7, 11) is 0. The van der Waals surface area contributed by atoms with E-state index in [9.17, 15) is 4.79 Å². The summed E-state index contributed by atoms with van der Waals surface area (Å²) in [5, 5.41) is 3.21. The van der Waals surface area contributed by atoms with Gasteiger partial charge in [0, 0.05) is 31.3 Å². The van der Waals surface area contributed by atoms with Crippen LogP contribution in [0.2, 0.25) is 0 Å². The maximum absolute atomic E-state index is 12.5. The first-order valence-corrected chi connectivity index (χ1v) is 8.84. The van der Waals surface area contributed by atoms with E-state index in [1.807, 2.05) is 6.92 Å². The number of amides is 1. The van der Waals surface area contributed by atoms with Crippen LogP contribution >= 0.6 is 12.4 Å². The third kappa shape index (κ3) is 4.19. The van der Waals surface area contributed by atoms with E-state index in [4.69, 9.17) is 15.2 Å². The minimum absolute atomic E-state index is 0. The second-order valence-electron chi connectivity index (χ2n) is 6.66. The zero-order chi connectivity index (χ0) is 16.2. The monoisotopic (exact) mass is 348 g/mol. The summed E-state index contributed by atoms with van der Waals surface area (Å²) >= 11 is 0. The van der Waals surface area contributed by atoms with Gasteiger partial charge in [-0.25, -0.2) is 0 Å². The van der Waals surface area contributed by atoms with E-state index in [1.54, 1.807) is 0 Å². The van der Waals surface area contributed by atoms with E-state index >= 15 is 0 Å². The number of halogens is 1. The minimum Gasteiger partial charge on any atom is -0.381 e. The highest BCUT2D eigenvalue weighted by molar-refractivity contribution is 5.85. The Labute approximate surface area is 146 Å². The molecule has 0 aromatic carbocycles. The normalized spacial score (nSPS) is 28.3. The topological polar surface area (TPSA) is 73.6 Å². The van der Waals surface area contributed by atoms with Gasteiger partial charge in [-0.2, -0.15) is 0 Å². The molecule has 6 heteroatoms. The molecule has 1 amide bonds. The Kier molecular flexibility index (Phi) is 8.28. The van der Waals surface area contributed by atoms with Crippen molar-refractivity contribution in [2.24, 2.45) is 17.1 Å². The molecule has 1 saturated heterocycles. The van der Waals surface area contributed by atoms with Gasteiger partial charge >= 0.3 is 0 Å². The van der Waals surface area contributed by atoms with Crippen molar-refractivity contribution in [3.63, 3.8) is 0 Å². The van der Waals surface area contributed by atoms with Gasteiger partial charge in [-0.15, -0.1) is 12.4 Å². The van der Waals surface area contributed by atoms with Gasteiger partial charge in [0.1, 0.15) is 0 Å². The predicted molar refractivity (Wildman–Crippen MR) is 93.7 cm³/mol. The highest BCUT2D eigenvalue weighted by atomic mass is 35.5. The molecule has 136 valence electrons. The minimum atomic E-state index is -0.415. The lowest BCUT2D eigenvalue weighted by molar-refractivity contribution is -0.150. The molecule has 0 radical (unpaired) electrons. The van der Waals surface area contributed by atoms with Crippen LogP contribution in [0, 0.1) is 11.3 Å². The Morgan fingerprint density at radius 1 is 1.30 bits per heavy atom. The zero-order valence-electron chi connectivity index (χ0n) is 14.7. The number of carbonyl (C=O) groups is 1. The largest absolute Gasteiger partial charge is 0.381 e. The fourth-order valence-corrected chi connectivity index (χ4v) is 4.14. The van der Waals surface area contributed by atoms with Gasteiger partial charge in [0.05, 0.1) is 12.1 Å². The predicted octanol–water partition coefficient (Wildman–Crippen LogP) is 2.26. The zero-order valence-corrected chi connectivity index (χ0v) is 15.5. The van der Waals surface area contributed by atoms with Crippen LogP contribution in [0.15, 0.2) is 0 Å². The molecule has 0 aromatic heterocycles. The van der Waals surface area contributed by atoms with Crippen molar-refractivity contribution in [1.29, 1.82) is 0 Å². The molecule has 3 unspecified atom stereocenters. The maximum atomic E-state index is 12.5. The fraction of sp³-hybridized carbons (Fsp3) is 0.941. The van der Waals surface area contributed by atoms with Crippen LogP contribution in [-0.2, 0) is 14.3 Å². The number of nitrogens with one attached hydrogen (secondary N) is 1. The average Bonchev–Trinajstić information content (AvgIpc) is 2.55. The summed E-state index contributed by atoms with van der Waals surface area (Å²) < 4.78 is 11.2. The SMILES string of the molecule is CCOC1CC(NC(=O)C(N)C2CCOCC2)C1(CC)CC.Cl. The molecule has 23 heavy (non-hydrogen) atoms. The molecule has 0 spiro atoms. The number of ether oxygens (including phenoxy) is 2. The third-order valence-corrected chi connectivity index (χ3v) is 5.86. The van der Waals surface area contributed by atoms with E-state index in [-0.39, 0.29) is 41.8 Å². The van der Waals surface area contributed by atoms with Crippen LogP contribution in [0.5, 0.6) is 0 Å². The summed E-state index contributed by atoms with van der Waals surface area (Å²) in [5.74, 6) is 0.243. The molecule has 3 N–H and O–H groups in total. The fourth-order valence-electron chi connectivity index (χ4n) is 4.14. The van der Waals surface area contributed by atoms with Gasteiger partial charge in [-0.05, 0) is 44.9 Å². The van der Waals surface area contributed by atoms with Crippen LogP contribution < -0.4 is 11.1 Å². The second-order valence-corrected chi connectivity index (χ2v) is 6.66. The van der Waals surface area contributed by atoms with E-state index < -0.39 is 6.04 Å². The molecule has 1 heterocycles. The van der Waals surface area contributed by atoms with Crippen LogP contribution in [0.4, 0.5) is 0 Å². The van der Waals surface area contributed by atoms with E-state index in [2.05, 4.69) is 19.2 Å². The van der Waals surface area contributed by atoms with Gasteiger partial charge in [-0.3, -0.25) is 4.79 Å². The van der Waals surface area contributed by atoms with Crippen molar-refractivity contribution in [3.8, 4) is 0 Å². The van der Waals surface area contributed by atoms with Crippen molar-refractivity contribution < 1.29 is 14.3 Å². The standard InChI is InChI=1S/C17H32N2O3.ClH/c1-4-17(5-2)13(11-14(17)22-6-3)19-16(20)15(18)12-7-9-21-10-8-12;/h12-15H,4-11,18H2,1-3H3,(H,19,20);1H. The average molecular weight is 349 g/mol. The lowest BCUT2D eigenvalue weighted by Crippen LogP contribution is -2.66. The molecule has 2 aliphatic rings. The van der Waals surface area contributed by atoms with Gasteiger partial charge in [0.2, 0.25) is 5.91 Å². The molecular formula is C17H33ClN2O3. The summed E-state index contributed by atoms with van der Waals surface area (Å²) in [4.78, 5) is 12.5. The molecule has 0 aromatic rings. The van der Waals surface area contributed by atoms with Crippen LogP contribution in [0.25, 0.3) is 0 Å². The Morgan fingerprint density at radius 3 is 2.43 bits per heavy atom. The Bertz CT molecular complexity index is 371. The van der Waals surface area contributed by atoms with Crippen molar-refractivity contribution in [2.75, 3.05) is 19.8 Å². The summed E-state index contributed by atoms with van der Waals surface area (Å²) in [6.45, 7) is 8.57. The first kappa shape index (κ1) is 20.7. The molecule has 3 atom stereocenters. The number of hydrogen-bond donors (Lipinski definition) is 2. The maximum Gasteiger partial charge on any atom is 0.237 e. The Balaban J connectivity index is 0.00000264.